The van der Waals surface area contributed by atoms with E-state index in [9.17, 15) is 14.9 Å². The van der Waals surface area contributed by atoms with E-state index in [-0.39, 0.29) is 12.3 Å². The molecule has 0 fully saturated rings. The van der Waals surface area contributed by atoms with Crippen molar-refractivity contribution < 1.29 is 23.9 Å². The van der Waals surface area contributed by atoms with Crippen LogP contribution in [0.2, 0.25) is 0 Å². The number of hydrogen-bond acceptors (Lipinski definition) is 6. The van der Waals surface area contributed by atoms with Crippen LogP contribution in [0.15, 0.2) is 48.5 Å². The van der Waals surface area contributed by atoms with Crippen LogP contribution in [-0.2, 0) is 4.74 Å². The lowest BCUT2D eigenvalue weighted by Gasteiger charge is -2.08. The molecule has 0 amide bonds. The van der Waals surface area contributed by atoms with E-state index >= 15 is 0 Å². The summed E-state index contributed by atoms with van der Waals surface area (Å²) in [6, 6.07) is 12.4. The molecule has 7 nitrogen and oxygen atoms in total. The molecule has 0 N–H and O–H groups in total. The summed E-state index contributed by atoms with van der Waals surface area (Å²) in [6.07, 6.45) is 0. The zero-order chi connectivity index (χ0) is 16.7. The van der Waals surface area contributed by atoms with Crippen molar-refractivity contribution >= 4 is 11.7 Å². The van der Waals surface area contributed by atoms with E-state index in [1.165, 1.54) is 31.4 Å². The Balaban J connectivity index is 1.76. The van der Waals surface area contributed by atoms with Crippen LogP contribution in [0.3, 0.4) is 0 Å². The average Bonchev–Trinajstić information content (AvgIpc) is 2.59. The molecule has 0 saturated heterocycles. The lowest BCUT2D eigenvalue weighted by Crippen LogP contribution is -2.09. The third kappa shape index (κ3) is 4.70. The van der Waals surface area contributed by atoms with Crippen LogP contribution in [0.1, 0.15) is 10.4 Å². The fourth-order valence-electron chi connectivity index (χ4n) is 1.79. The summed E-state index contributed by atoms with van der Waals surface area (Å²) in [7, 11) is 1.32. The number of hydrogen-bond donors (Lipinski definition) is 0. The highest BCUT2D eigenvalue weighted by Crippen LogP contribution is 2.17. The molecule has 2 aromatic carbocycles. The Kier molecular flexibility index (Phi) is 5.51. The summed E-state index contributed by atoms with van der Waals surface area (Å²) < 4.78 is 15.5. The number of methoxy groups -OCH3 is 1. The molecule has 0 aliphatic carbocycles. The Morgan fingerprint density at radius 2 is 1.43 bits per heavy atom. The van der Waals surface area contributed by atoms with Crippen molar-refractivity contribution in [2.45, 2.75) is 0 Å². The van der Waals surface area contributed by atoms with Gasteiger partial charge < -0.3 is 14.2 Å². The fraction of sp³-hybridized carbons (Fsp3) is 0.188. The maximum Gasteiger partial charge on any atom is 0.337 e. The van der Waals surface area contributed by atoms with Crippen LogP contribution in [0.25, 0.3) is 0 Å². The predicted molar refractivity (Wildman–Crippen MR) is 81.9 cm³/mol. The van der Waals surface area contributed by atoms with Crippen molar-refractivity contribution in [2.24, 2.45) is 0 Å². The molecule has 0 atom stereocenters. The Labute approximate surface area is 132 Å². The average molecular weight is 317 g/mol. The lowest BCUT2D eigenvalue weighted by atomic mass is 10.2. The van der Waals surface area contributed by atoms with Crippen LogP contribution in [-0.4, -0.2) is 31.2 Å². The van der Waals surface area contributed by atoms with E-state index in [4.69, 9.17) is 9.47 Å². The second-order valence-electron chi connectivity index (χ2n) is 4.46. The monoisotopic (exact) mass is 317 g/mol. The number of esters is 1. The van der Waals surface area contributed by atoms with Gasteiger partial charge in [0.25, 0.3) is 5.69 Å². The van der Waals surface area contributed by atoms with Crippen molar-refractivity contribution in [1.29, 1.82) is 0 Å². The first-order chi connectivity index (χ1) is 11.1. The molecular formula is C16H15NO6. The van der Waals surface area contributed by atoms with Gasteiger partial charge in [-0.1, -0.05) is 0 Å². The van der Waals surface area contributed by atoms with Crippen LogP contribution in [0.4, 0.5) is 5.69 Å². The highest BCUT2D eigenvalue weighted by Gasteiger charge is 2.05. The van der Waals surface area contributed by atoms with Gasteiger partial charge in [-0.15, -0.1) is 0 Å². The van der Waals surface area contributed by atoms with Gasteiger partial charge in [-0.2, -0.15) is 0 Å². The van der Waals surface area contributed by atoms with E-state index in [1.54, 1.807) is 24.3 Å². The smallest absolute Gasteiger partial charge is 0.337 e. The van der Waals surface area contributed by atoms with Gasteiger partial charge in [-0.25, -0.2) is 4.79 Å². The Morgan fingerprint density at radius 3 is 1.87 bits per heavy atom. The maximum atomic E-state index is 11.3. The summed E-state index contributed by atoms with van der Waals surface area (Å²) >= 11 is 0. The largest absolute Gasteiger partial charge is 0.490 e. The molecule has 0 aromatic heterocycles. The second kappa shape index (κ2) is 7.79. The molecule has 0 saturated carbocycles. The fourth-order valence-corrected chi connectivity index (χ4v) is 1.79. The first kappa shape index (κ1) is 16.3. The minimum Gasteiger partial charge on any atom is -0.490 e. The molecule has 0 unspecified atom stereocenters. The second-order valence-corrected chi connectivity index (χ2v) is 4.46. The minimum atomic E-state index is -0.467. The molecule has 0 radical (unpaired) electrons. The normalized spacial score (nSPS) is 9.96. The summed E-state index contributed by atoms with van der Waals surface area (Å²) in [5.74, 6) is 0.725. The standard InChI is InChI=1S/C16H15NO6/c1-21-16(18)12-2-6-14(7-3-12)22-10-11-23-15-8-4-13(5-9-15)17(19)20/h2-9H,10-11H2,1H3. The molecule has 0 aliphatic rings. The summed E-state index contributed by atoms with van der Waals surface area (Å²) in [5.41, 5.74) is 0.460. The van der Waals surface area contributed by atoms with Gasteiger partial charge in [0.1, 0.15) is 24.7 Å². The Hall–Kier alpha value is -3.09. The number of benzene rings is 2. The van der Waals surface area contributed by atoms with E-state index in [1.807, 2.05) is 0 Å². The van der Waals surface area contributed by atoms with Crippen LogP contribution < -0.4 is 9.47 Å². The van der Waals surface area contributed by atoms with E-state index in [2.05, 4.69) is 4.74 Å². The summed E-state index contributed by atoms with van der Waals surface area (Å²) in [6.45, 7) is 0.588. The first-order valence-corrected chi connectivity index (χ1v) is 6.78. The van der Waals surface area contributed by atoms with Crippen molar-refractivity contribution in [2.75, 3.05) is 20.3 Å². The quantitative estimate of drug-likeness (QED) is 0.338. The topological polar surface area (TPSA) is 87.9 Å². The zero-order valence-corrected chi connectivity index (χ0v) is 12.4. The zero-order valence-electron chi connectivity index (χ0n) is 12.4. The number of nitro benzene ring substituents is 1. The number of non-ortho nitro benzene ring substituents is 1. The molecule has 120 valence electrons. The van der Waals surface area contributed by atoms with Crippen LogP contribution in [0, 0.1) is 10.1 Å². The van der Waals surface area contributed by atoms with Crippen LogP contribution >= 0.6 is 0 Å². The molecule has 0 spiro atoms. The molecule has 2 rings (SSSR count). The van der Waals surface area contributed by atoms with E-state index in [0.717, 1.165) is 0 Å². The molecular weight excluding hydrogens is 302 g/mol. The molecule has 23 heavy (non-hydrogen) atoms. The molecule has 0 bridgehead atoms. The Morgan fingerprint density at radius 1 is 0.957 bits per heavy atom. The van der Waals surface area contributed by atoms with Gasteiger partial charge >= 0.3 is 5.97 Å². The van der Waals surface area contributed by atoms with Crippen molar-refractivity contribution in [3.8, 4) is 11.5 Å². The number of ether oxygens (including phenoxy) is 3. The summed E-state index contributed by atoms with van der Waals surface area (Å²) in [5, 5.41) is 10.5. The predicted octanol–water partition coefficient (Wildman–Crippen LogP) is 2.84. The number of carbonyl (C=O) groups is 1. The van der Waals surface area contributed by atoms with E-state index < -0.39 is 10.9 Å². The highest BCUT2D eigenvalue weighted by atomic mass is 16.6. The maximum absolute atomic E-state index is 11.3. The van der Waals surface area contributed by atoms with E-state index in [0.29, 0.717) is 23.7 Å². The van der Waals surface area contributed by atoms with Crippen LogP contribution in [0.5, 0.6) is 11.5 Å². The third-order valence-corrected chi connectivity index (χ3v) is 2.94. The van der Waals surface area contributed by atoms with Crippen molar-refractivity contribution in [3.05, 3.63) is 64.2 Å². The third-order valence-electron chi connectivity index (χ3n) is 2.94. The number of rotatable bonds is 7. The van der Waals surface area contributed by atoms with Crippen molar-refractivity contribution in [3.63, 3.8) is 0 Å². The molecule has 0 heterocycles. The van der Waals surface area contributed by atoms with Gasteiger partial charge in [0.05, 0.1) is 17.6 Å². The van der Waals surface area contributed by atoms with Gasteiger partial charge in [0, 0.05) is 12.1 Å². The lowest BCUT2D eigenvalue weighted by molar-refractivity contribution is -0.384. The molecule has 7 heteroatoms. The van der Waals surface area contributed by atoms with Gasteiger partial charge in [0.2, 0.25) is 0 Å². The number of nitro groups is 1. The summed E-state index contributed by atoms with van der Waals surface area (Å²) in [4.78, 5) is 21.3. The minimum absolute atomic E-state index is 0.0132. The van der Waals surface area contributed by atoms with Gasteiger partial charge in [-0.05, 0) is 36.4 Å². The molecule has 2 aromatic rings. The SMILES string of the molecule is COC(=O)c1ccc(OCCOc2ccc([N+](=O)[O-])cc2)cc1. The van der Waals surface area contributed by atoms with Gasteiger partial charge in [0.15, 0.2) is 0 Å². The molecule has 0 aliphatic heterocycles. The first-order valence-electron chi connectivity index (χ1n) is 6.78. The number of nitrogens with zero attached hydrogens (tertiary/aromatic N) is 1. The van der Waals surface area contributed by atoms with Gasteiger partial charge in [-0.3, -0.25) is 10.1 Å². The number of carbonyl (C=O) groups excluding carboxylic acids is 1. The Bertz CT molecular complexity index is 666. The highest BCUT2D eigenvalue weighted by molar-refractivity contribution is 5.89. The van der Waals surface area contributed by atoms with Crippen molar-refractivity contribution in [1.82, 2.24) is 0 Å².